The van der Waals surface area contributed by atoms with Crippen molar-refractivity contribution in [3.8, 4) is 0 Å². The van der Waals surface area contributed by atoms with Crippen LogP contribution in [0.5, 0.6) is 0 Å². The van der Waals surface area contributed by atoms with Gasteiger partial charge in [0.15, 0.2) is 0 Å². The maximum absolute atomic E-state index is 12.4. The molecule has 0 saturated carbocycles. The van der Waals surface area contributed by atoms with Crippen molar-refractivity contribution in [2.45, 2.75) is 6.42 Å². The van der Waals surface area contributed by atoms with E-state index in [9.17, 15) is 4.79 Å². The second-order valence-corrected chi connectivity index (χ2v) is 6.18. The van der Waals surface area contributed by atoms with E-state index in [2.05, 4.69) is 19.0 Å². The van der Waals surface area contributed by atoms with Crippen molar-refractivity contribution >= 4 is 34.4 Å². The molecule has 5 nitrogen and oxygen atoms in total. The molecule has 6 heteroatoms. The third kappa shape index (κ3) is 3.54. The molecule has 25 heavy (non-hydrogen) atoms. The monoisotopic (exact) mass is 346 g/mol. The highest BCUT2D eigenvalue weighted by Crippen LogP contribution is 2.17. The van der Waals surface area contributed by atoms with Gasteiger partial charge in [-0.3, -0.25) is 9.78 Å². The van der Waals surface area contributed by atoms with Crippen LogP contribution in [0.3, 0.4) is 0 Å². The lowest BCUT2D eigenvalue weighted by atomic mass is 10.1. The first kappa shape index (κ1) is 15.4. The molecule has 4 aromatic rings. The molecule has 4 rings (SSSR count). The van der Waals surface area contributed by atoms with Crippen molar-refractivity contribution in [1.29, 1.82) is 0 Å². The minimum absolute atomic E-state index is 0.156. The van der Waals surface area contributed by atoms with Crippen molar-refractivity contribution in [3.63, 3.8) is 0 Å². The highest BCUT2D eigenvalue weighted by atomic mass is 32.1. The van der Waals surface area contributed by atoms with E-state index in [1.807, 2.05) is 42.5 Å². The Kier molecular flexibility index (Phi) is 4.18. The highest BCUT2D eigenvalue weighted by molar-refractivity contribution is 7.00. The van der Waals surface area contributed by atoms with Gasteiger partial charge in [0.1, 0.15) is 11.0 Å². The fourth-order valence-corrected chi connectivity index (χ4v) is 3.09. The summed E-state index contributed by atoms with van der Waals surface area (Å²) in [5.41, 5.74) is 5.27. The molecule has 0 unspecified atom stereocenters. The molecule has 2 heterocycles. The van der Waals surface area contributed by atoms with Crippen LogP contribution in [0.25, 0.3) is 11.0 Å². The first-order valence-corrected chi connectivity index (χ1v) is 8.52. The molecule has 0 atom stereocenters. The Morgan fingerprint density at radius 2 is 1.60 bits per heavy atom. The van der Waals surface area contributed by atoms with Gasteiger partial charge in [0.2, 0.25) is 0 Å². The summed E-state index contributed by atoms with van der Waals surface area (Å²) in [6.07, 6.45) is 4.42. The van der Waals surface area contributed by atoms with Gasteiger partial charge in [0.25, 0.3) is 5.91 Å². The van der Waals surface area contributed by atoms with E-state index in [0.717, 1.165) is 34.9 Å². The zero-order chi connectivity index (χ0) is 17.1. The predicted octanol–water partition coefficient (Wildman–Crippen LogP) is 3.93. The lowest BCUT2D eigenvalue weighted by Crippen LogP contribution is -2.11. The molecule has 0 aliphatic carbocycles. The molecule has 1 N–H and O–H groups in total. The Hall–Kier alpha value is -3.12. The summed E-state index contributed by atoms with van der Waals surface area (Å²) in [7, 11) is 0. The summed E-state index contributed by atoms with van der Waals surface area (Å²) in [5, 5.41) is 2.91. The van der Waals surface area contributed by atoms with E-state index in [1.54, 1.807) is 24.5 Å². The van der Waals surface area contributed by atoms with E-state index in [4.69, 9.17) is 0 Å². The summed E-state index contributed by atoms with van der Waals surface area (Å²) < 4.78 is 8.31. The maximum Gasteiger partial charge on any atom is 0.255 e. The number of anilines is 1. The van der Waals surface area contributed by atoms with Crippen LogP contribution >= 0.6 is 11.7 Å². The van der Waals surface area contributed by atoms with Crippen LogP contribution in [0, 0.1) is 0 Å². The molecule has 0 radical (unpaired) electrons. The van der Waals surface area contributed by atoms with Crippen LogP contribution in [0.1, 0.15) is 21.5 Å². The second kappa shape index (κ2) is 6.78. The van der Waals surface area contributed by atoms with E-state index < -0.39 is 0 Å². The number of hydrogen-bond donors (Lipinski definition) is 1. The quantitative estimate of drug-likeness (QED) is 0.608. The molecular formula is C19H14N4OS. The smallest absolute Gasteiger partial charge is 0.255 e. The van der Waals surface area contributed by atoms with Crippen LogP contribution in [0.15, 0.2) is 67.0 Å². The molecule has 0 spiro atoms. The molecule has 122 valence electrons. The Balaban J connectivity index is 1.46. The number of amides is 1. The third-order valence-electron chi connectivity index (χ3n) is 3.89. The number of nitrogens with one attached hydrogen (secondary N) is 1. The van der Waals surface area contributed by atoms with Gasteiger partial charge in [0.05, 0.1) is 11.7 Å². The van der Waals surface area contributed by atoms with Crippen molar-refractivity contribution in [2.24, 2.45) is 0 Å². The van der Waals surface area contributed by atoms with Gasteiger partial charge < -0.3 is 5.32 Å². The van der Waals surface area contributed by atoms with Gasteiger partial charge in [-0.05, 0) is 60.0 Å². The Labute approximate surface area is 148 Å². The topological polar surface area (TPSA) is 67.8 Å². The van der Waals surface area contributed by atoms with E-state index in [1.165, 1.54) is 11.1 Å². The summed E-state index contributed by atoms with van der Waals surface area (Å²) in [6, 6.07) is 17.2. The second-order valence-electron chi connectivity index (χ2n) is 5.65. The zero-order valence-electron chi connectivity index (χ0n) is 13.2. The number of fused-ring (bicyclic) bond motifs is 1. The average molecular weight is 346 g/mol. The van der Waals surface area contributed by atoms with Gasteiger partial charge in [-0.1, -0.05) is 12.1 Å². The Bertz CT molecular complexity index is 1010. The fourth-order valence-electron chi connectivity index (χ4n) is 2.57. The largest absolute Gasteiger partial charge is 0.322 e. The normalized spacial score (nSPS) is 10.7. The van der Waals surface area contributed by atoms with Crippen molar-refractivity contribution in [2.75, 3.05) is 5.32 Å². The molecule has 2 aromatic carbocycles. The van der Waals surface area contributed by atoms with Gasteiger partial charge in [0, 0.05) is 23.6 Å². The summed E-state index contributed by atoms with van der Waals surface area (Å²) in [4.78, 5) is 16.4. The zero-order valence-corrected chi connectivity index (χ0v) is 14.0. The number of carbonyl (C=O) groups is 1. The first-order chi connectivity index (χ1) is 12.3. The average Bonchev–Trinajstić information content (AvgIpc) is 3.12. The van der Waals surface area contributed by atoms with E-state index in [-0.39, 0.29) is 5.91 Å². The highest BCUT2D eigenvalue weighted by Gasteiger charge is 2.08. The van der Waals surface area contributed by atoms with Crippen molar-refractivity contribution in [1.82, 2.24) is 13.7 Å². The molecular weight excluding hydrogens is 332 g/mol. The summed E-state index contributed by atoms with van der Waals surface area (Å²) in [5.74, 6) is -0.156. The molecule has 0 fully saturated rings. The number of benzene rings is 2. The molecule has 2 aromatic heterocycles. The predicted molar refractivity (Wildman–Crippen MR) is 98.9 cm³/mol. The Morgan fingerprint density at radius 1 is 0.880 bits per heavy atom. The van der Waals surface area contributed by atoms with Crippen molar-refractivity contribution < 1.29 is 4.79 Å². The van der Waals surface area contributed by atoms with Crippen LogP contribution in [0.4, 0.5) is 5.69 Å². The third-order valence-corrected chi connectivity index (χ3v) is 4.44. The molecule has 0 aliphatic rings. The number of pyridine rings is 1. The van der Waals surface area contributed by atoms with Gasteiger partial charge in [-0.2, -0.15) is 8.75 Å². The fraction of sp³-hybridized carbons (Fsp3) is 0.0526. The van der Waals surface area contributed by atoms with Crippen LogP contribution in [0.2, 0.25) is 0 Å². The number of aromatic nitrogens is 3. The van der Waals surface area contributed by atoms with Crippen molar-refractivity contribution in [3.05, 3.63) is 83.7 Å². The van der Waals surface area contributed by atoms with E-state index in [0.29, 0.717) is 5.56 Å². The lowest BCUT2D eigenvalue weighted by molar-refractivity contribution is 0.102. The van der Waals surface area contributed by atoms with E-state index >= 15 is 0 Å². The minimum atomic E-state index is -0.156. The molecule has 0 bridgehead atoms. The number of rotatable bonds is 4. The number of carbonyl (C=O) groups excluding carboxylic acids is 1. The van der Waals surface area contributed by atoms with Crippen LogP contribution in [-0.2, 0) is 6.42 Å². The minimum Gasteiger partial charge on any atom is -0.322 e. The number of hydrogen-bond acceptors (Lipinski definition) is 5. The Morgan fingerprint density at radius 3 is 2.40 bits per heavy atom. The van der Waals surface area contributed by atoms with Gasteiger partial charge in [-0.25, -0.2) is 0 Å². The summed E-state index contributed by atoms with van der Waals surface area (Å²) in [6.45, 7) is 0. The van der Waals surface area contributed by atoms with Gasteiger partial charge >= 0.3 is 0 Å². The first-order valence-electron chi connectivity index (χ1n) is 7.79. The maximum atomic E-state index is 12.4. The molecule has 0 aliphatic heterocycles. The number of nitrogens with zero attached hydrogens (tertiary/aromatic N) is 3. The standard InChI is InChI=1S/C19H14N4OS/c24-19(15-3-6-17-18(12-15)23-25-22-17)21-16-4-1-13(2-5-16)11-14-7-9-20-10-8-14/h1-10,12H,11H2,(H,21,24). The summed E-state index contributed by atoms with van der Waals surface area (Å²) >= 11 is 1.14. The van der Waals surface area contributed by atoms with Crippen LogP contribution in [-0.4, -0.2) is 19.6 Å². The van der Waals surface area contributed by atoms with Gasteiger partial charge in [-0.15, -0.1) is 0 Å². The van der Waals surface area contributed by atoms with Crippen LogP contribution < -0.4 is 5.32 Å². The SMILES string of the molecule is O=C(Nc1ccc(Cc2ccncc2)cc1)c1ccc2nsnc2c1. The lowest BCUT2D eigenvalue weighted by Gasteiger charge is -2.07. The molecule has 1 amide bonds. The molecule has 0 saturated heterocycles.